The highest BCUT2D eigenvalue weighted by Crippen LogP contribution is 2.26. The number of hydrogen-bond acceptors (Lipinski definition) is 4. The summed E-state index contributed by atoms with van der Waals surface area (Å²) in [7, 11) is 0. The standard InChI is InChI=1S/C19H25N3O/c1-3-15-5-7-16(8-6-15)18-12-20-10-11-22(18)13-17-19(23)9-4-14(2)21-17/h4-9,18,20,23H,3,10-13H2,1-2H3. The van der Waals surface area contributed by atoms with Crippen LogP contribution in [0.1, 0.15) is 35.5 Å². The minimum absolute atomic E-state index is 0.286. The van der Waals surface area contributed by atoms with Crippen molar-refractivity contribution >= 4 is 0 Å². The van der Waals surface area contributed by atoms with E-state index >= 15 is 0 Å². The molecule has 2 N–H and O–H groups in total. The molecule has 1 saturated heterocycles. The number of nitrogens with zero attached hydrogens (tertiary/aromatic N) is 2. The first-order valence-corrected chi connectivity index (χ1v) is 8.36. The van der Waals surface area contributed by atoms with Crippen molar-refractivity contribution in [3.63, 3.8) is 0 Å². The van der Waals surface area contributed by atoms with Gasteiger partial charge in [0.2, 0.25) is 0 Å². The minimum Gasteiger partial charge on any atom is -0.506 e. The molecule has 4 heteroatoms. The fourth-order valence-corrected chi connectivity index (χ4v) is 3.15. The van der Waals surface area contributed by atoms with Crippen molar-refractivity contribution in [3.05, 3.63) is 58.9 Å². The van der Waals surface area contributed by atoms with Gasteiger partial charge in [0.05, 0.1) is 5.69 Å². The first-order chi connectivity index (χ1) is 11.2. The van der Waals surface area contributed by atoms with Crippen molar-refractivity contribution in [1.82, 2.24) is 15.2 Å². The molecule has 1 atom stereocenters. The normalized spacial score (nSPS) is 19.0. The van der Waals surface area contributed by atoms with Crippen molar-refractivity contribution in [3.8, 4) is 5.75 Å². The Morgan fingerprint density at radius 2 is 2.00 bits per heavy atom. The highest BCUT2D eigenvalue weighted by molar-refractivity contribution is 5.29. The monoisotopic (exact) mass is 311 g/mol. The van der Waals surface area contributed by atoms with Gasteiger partial charge in [-0.25, -0.2) is 0 Å². The molecule has 122 valence electrons. The maximum atomic E-state index is 10.1. The topological polar surface area (TPSA) is 48.4 Å². The van der Waals surface area contributed by atoms with Gasteiger partial charge < -0.3 is 10.4 Å². The van der Waals surface area contributed by atoms with Crippen LogP contribution in [-0.4, -0.2) is 34.6 Å². The molecule has 0 aliphatic carbocycles. The second-order valence-corrected chi connectivity index (χ2v) is 6.20. The number of piperazine rings is 1. The van der Waals surface area contributed by atoms with E-state index in [1.807, 2.05) is 13.0 Å². The van der Waals surface area contributed by atoms with E-state index in [-0.39, 0.29) is 5.75 Å². The fourth-order valence-electron chi connectivity index (χ4n) is 3.15. The first-order valence-electron chi connectivity index (χ1n) is 8.36. The van der Waals surface area contributed by atoms with Gasteiger partial charge in [-0.15, -0.1) is 0 Å². The number of aryl methyl sites for hydroxylation is 2. The number of pyridine rings is 1. The first kappa shape index (κ1) is 16.0. The quantitative estimate of drug-likeness (QED) is 0.911. The molecule has 0 spiro atoms. The molecule has 3 rings (SSSR count). The summed E-state index contributed by atoms with van der Waals surface area (Å²) in [6, 6.07) is 12.8. The van der Waals surface area contributed by atoms with E-state index in [1.54, 1.807) is 6.07 Å². The van der Waals surface area contributed by atoms with Crippen LogP contribution in [0.3, 0.4) is 0 Å². The Labute approximate surface area is 138 Å². The van der Waals surface area contributed by atoms with Crippen LogP contribution in [0.15, 0.2) is 36.4 Å². The van der Waals surface area contributed by atoms with Crippen LogP contribution in [0.25, 0.3) is 0 Å². The van der Waals surface area contributed by atoms with Crippen molar-refractivity contribution in [2.75, 3.05) is 19.6 Å². The fraction of sp³-hybridized carbons (Fsp3) is 0.421. The zero-order valence-corrected chi connectivity index (χ0v) is 13.9. The molecule has 2 aromatic rings. The molecule has 2 heterocycles. The van der Waals surface area contributed by atoms with Gasteiger partial charge in [-0.05, 0) is 36.6 Å². The minimum atomic E-state index is 0.286. The molecular formula is C19H25N3O. The summed E-state index contributed by atoms with van der Waals surface area (Å²) in [6.07, 6.45) is 1.06. The van der Waals surface area contributed by atoms with Gasteiger partial charge in [0.25, 0.3) is 0 Å². The van der Waals surface area contributed by atoms with Crippen molar-refractivity contribution in [1.29, 1.82) is 0 Å². The van der Waals surface area contributed by atoms with Crippen LogP contribution in [0, 0.1) is 6.92 Å². The van der Waals surface area contributed by atoms with Gasteiger partial charge in [-0.2, -0.15) is 0 Å². The molecule has 0 radical (unpaired) electrons. The Kier molecular flexibility index (Phi) is 4.94. The lowest BCUT2D eigenvalue weighted by molar-refractivity contribution is 0.150. The van der Waals surface area contributed by atoms with E-state index in [4.69, 9.17) is 0 Å². The second-order valence-electron chi connectivity index (χ2n) is 6.20. The van der Waals surface area contributed by atoms with Gasteiger partial charge in [0.1, 0.15) is 5.75 Å². The average Bonchev–Trinajstić information content (AvgIpc) is 2.59. The lowest BCUT2D eigenvalue weighted by Gasteiger charge is -2.36. The zero-order chi connectivity index (χ0) is 16.2. The molecule has 4 nitrogen and oxygen atoms in total. The molecule has 1 aliphatic heterocycles. The highest BCUT2D eigenvalue weighted by atomic mass is 16.3. The average molecular weight is 311 g/mol. The largest absolute Gasteiger partial charge is 0.506 e. The molecule has 1 unspecified atom stereocenters. The van der Waals surface area contributed by atoms with Crippen molar-refractivity contribution in [2.45, 2.75) is 32.9 Å². The number of benzene rings is 1. The third-order valence-corrected chi connectivity index (χ3v) is 4.57. The number of aromatic nitrogens is 1. The van der Waals surface area contributed by atoms with Crippen LogP contribution in [0.5, 0.6) is 5.75 Å². The maximum Gasteiger partial charge on any atom is 0.138 e. The van der Waals surface area contributed by atoms with Crippen LogP contribution < -0.4 is 5.32 Å². The zero-order valence-electron chi connectivity index (χ0n) is 13.9. The highest BCUT2D eigenvalue weighted by Gasteiger charge is 2.25. The second kappa shape index (κ2) is 7.11. The number of aromatic hydroxyl groups is 1. The van der Waals surface area contributed by atoms with Crippen LogP contribution in [-0.2, 0) is 13.0 Å². The summed E-state index contributed by atoms with van der Waals surface area (Å²) in [5, 5.41) is 13.6. The predicted octanol–water partition coefficient (Wildman–Crippen LogP) is 2.80. The Morgan fingerprint density at radius 3 is 2.74 bits per heavy atom. The summed E-state index contributed by atoms with van der Waals surface area (Å²) < 4.78 is 0. The summed E-state index contributed by atoms with van der Waals surface area (Å²) in [6.45, 7) is 7.66. The Bertz CT molecular complexity index is 654. The van der Waals surface area contributed by atoms with E-state index in [2.05, 4.69) is 46.4 Å². The summed E-state index contributed by atoms with van der Waals surface area (Å²) >= 11 is 0. The smallest absolute Gasteiger partial charge is 0.138 e. The van der Waals surface area contributed by atoms with Crippen molar-refractivity contribution < 1.29 is 5.11 Å². The summed E-state index contributed by atoms with van der Waals surface area (Å²) in [5.74, 6) is 0.286. The Morgan fingerprint density at radius 1 is 1.22 bits per heavy atom. The van der Waals surface area contributed by atoms with Crippen molar-refractivity contribution in [2.24, 2.45) is 0 Å². The molecule has 0 bridgehead atoms. The predicted molar refractivity (Wildman–Crippen MR) is 92.5 cm³/mol. The third kappa shape index (κ3) is 3.71. The van der Waals surface area contributed by atoms with Crippen LogP contribution in [0.4, 0.5) is 0 Å². The van der Waals surface area contributed by atoms with E-state index in [1.165, 1.54) is 11.1 Å². The van der Waals surface area contributed by atoms with E-state index in [0.717, 1.165) is 37.4 Å². The summed E-state index contributed by atoms with van der Waals surface area (Å²) in [5.41, 5.74) is 4.39. The van der Waals surface area contributed by atoms with Crippen LogP contribution in [0.2, 0.25) is 0 Å². The van der Waals surface area contributed by atoms with Gasteiger partial charge in [-0.1, -0.05) is 31.2 Å². The molecule has 0 saturated carbocycles. The Balaban J connectivity index is 1.81. The molecule has 1 fully saturated rings. The molecule has 0 amide bonds. The van der Waals surface area contributed by atoms with E-state index in [9.17, 15) is 5.11 Å². The lowest BCUT2D eigenvalue weighted by atomic mass is 10.0. The van der Waals surface area contributed by atoms with E-state index < -0.39 is 0 Å². The van der Waals surface area contributed by atoms with Gasteiger partial charge in [0, 0.05) is 37.9 Å². The molecule has 1 aromatic heterocycles. The number of rotatable bonds is 4. The molecule has 1 aromatic carbocycles. The third-order valence-electron chi connectivity index (χ3n) is 4.57. The van der Waals surface area contributed by atoms with Gasteiger partial charge in [0.15, 0.2) is 0 Å². The molecule has 1 aliphatic rings. The van der Waals surface area contributed by atoms with Gasteiger partial charge >= 0.3 is 0 Å². The SMILES string of the molecule is CCc1ccc(C2CNCCN2Cc2nc(C)ccc2O)cc1. The molecular weight excluding hydrogens is 286 g/mol. The van der Waals surface area contributed by atoms with Crippen LogP contribution >= 0.6 is 0 Å². The maximum absolute atomic E-state index is 10.1. The van der Waals surface area contributed by atoms with Gasteiger partial charge in [-0.3, -0.25) is 9.88 Å². The summed E-state index contributed by atoms with van der Waals surface area (Å²) in [4.78, 5) is 6.91. The lowest BCUT2D eigenvalue weighted by Crippen LogP contribution is -2.45. The number of hydrogen-bond donors (Lipinski definition) is 2. The molecule has 23 heavy (non-hydrogen) atoms. The van der Waals surface area contributed by atoms with E-state index in [0.29, 0.717) is 12.6 Å². The Hall–Kier alpha value is -1.91. The number of nitrogens with one attached hydrogen (secondary N) is 1.